The van der Waals surface area contributed by atoms with Crippen LogP contribution in [0, 0.1) is 0 Å². The first kappa shape index (κ1) is 13.4. The third-order valence-corrected chi connectivity index (χ3v) is 3.24. The van der Waals surface area contributed by atoms with E-state index in [0.29, 0.717) is 6.61 Å². The largest absolute Gasteiger partial charge is 0.494 e. The van der Waals surface area contributed by atoms with Crippen LogP contribution in [0.2, 0.25) is 0 Å². The van der Waals surface area contributed by atoms with E-state index in [-0.39, 0.29) is 6.04 Å². The molecule has 1 rings (SSSR count). The fourth-order valence-electron chi connectivity index (χ4n) is 1.46. The molecule has 0 heterocycles. The number of nitrogens with one attached hydrogen (secondary N) is 1. The number of thioether (sulfide) groups is 1. The molecule has 16 heavy (non-hydrogen) atoms. The summed E-state index contributed by atoms with van der Waals surface area (Å²) in [6.07, 6.45) is 0. The number of nitrogens with two attached hydrogens (primary N) is 1. The summed E-state index contributed by atoms with van der Waals surface area (Å²) in [5.41, 5.74) is 4.02. The maximum atomic E-state index is 5.57. The van der Waals surface area contributed by atoms with Gasteiger partial charge in [0.15, 0.2) is 0 Å². The van der Waals surface area contributed by atoms with Gasteiger partial charge in [-0.1, -0.05) is 19.1 Å². The minimum Gasteiger partial charge on any atom is -0.494 e. The molecular weight excluding hydrogens is 220 g/mol. The van der Waals surface area contributed by atoms with E-state index in [1.54, 1.807) is 0 Å². The first-order chi connectivity index (χ1) is 7.81. The Balaban J connectivity index is 2.71. The van der Waals surface area contributed by atoms with Crippen LogP contribution in [0.25, 0.3) is 0 Å². The van der Waals surface area contributed by atoms with Gasteiger partial charge in [0.2, 0.25) is 0 Å². The molecule has 4 heteroatoms. The third-order valence-electron chi connectivity index (χ3n) is 2.26. The Kier molecular flexibility index (Phi) is 6.30. The van der Waals surface area contributed by atoms with E-state index in [1.165, 1.54) is 5.56 Å². The Bertz CT molecular complexity index is 307. The molecule has 3 nitrogen and oxygen atoms in total. The molecule has 90 valence electrons. The predicted molar refractivity (Wildman–Crippen MR) is 70.7 cm³/mol. The van der Waals surface area contributed by atoms with Crippen molar-refractivity contribution in [2.45, 2.75) is 19.9 Å². The highest BCUT2D eigenvalue weighted by Gasteiger charge is 2.09. The van der Waals surface area contributed by atoms with E-state index >= 15 is 0 Å². The molecule has 1 aromatic carbocycles. The number of benzene rings is 1. The van der Waals surface area contributed by atoms with Gasteiger partial charge in [-0.25, -0.2) is 0 Å². The first-order valence-corrected chi connectivity index (χ1v) is 6.73. The lowest BCUT2D eigenvalue weighted by atomic mass is 10.1. The Morgan fingerprint density at radius 3 is 2.88 bits per heavy atom. The molecule has 0 fully saturated rings. The Hall–Kier alpha value is -0.710. The van der Waals surface area contributed by atoms with Crippen molar-refractivity contribution < 1.29 is 4.74 Å². The van der Waals surface area contributed by atoms with Gasteiger partial charge in [0.05, 0.1) is 12.6 Å². The average Bonchev–Trinajstić information content (AvgIpc) is 2.31. The fourth-order valence-corrected chi connectivity index (χ4v) is 2.22. The second kappa shape index (κ2) is 7.54. The molecule has 0 radical (unpaired) electrons. The number of hydrogen-bond donors (Lipinski definition) is 2. The molecule has 1 unspecified atom stereocenters. The standard InChI is InChI=1S/C12H20N2OS/c1-3-15-11-7-5-6-10(8-11)12(14-13)9-16-4-2/h5-8,12,14H,3-4,9,13H2,1-2H3. The molecule has 0 amide bonds. The molecule has 0 spiro atoms. The lowest BCUT2D eigenvalue weighted by molar-refractivity contribution is 0.339. The molecule has 0 saturated carbocycles. The summed E-state index contributed by atoms with van der Waals surface area (Å²) in [6, 6.07) is 8.27. The van der Waals surface area contributed by atoms with Crippen molar-refractivity contribution in [3.8, 4) is 5.75 Å². The topological polar surface area (TPSA) is 47.3 Å². The second-order valence-electron chi connectivity index (χ2n) is 3.38. The van der Waals surface area contributed by atoms with Gasteiger partial charge < -0.3 is 4.74 Å². The lowest BCUT2D eigenvalue weighted by Gasteiger charge is -2.16. The highest BCUT2D eigenvalue weighted by Crippen LogP contribution is 2.21. The van der Waals surface area contributed by atoms with Gasteiger partial charge in [-0.3, -0.25) is 11.3 Å². The van der Waals surface area contributed by atoms with E-state index in [0.717, 1.165) is 17.3 Å². The van der Waals surface area contributed by atoms with Gasteiger partial charge in [-0.15, -0.1) is 0 Å². The number of hydrazine groups is 1. The van der Waals surface area contributed by atoms with E-state index < -0.39 is 0 Å². The van der Waals surface area contributed by atoms with E-state index in [1.807, 2.05) is 36.9 Å². The van der Waals surface area contributed by atoms with Crippen molar-refractivity contribution in [3.63, 3.8) is 0 Å². The van der Waals surface area contributed by atoms with E-state index in [4.69, 9.17) is 10.6 Å². The Morgan fingerprint density at radius 2 is 2.25 bits per heavy atom. The van der Waals surface area contributed by atoms with Crippen LogP contribution >= 0.6 is 11.8 Å². The smallest absolute Gasteiger partial charge is 0.119 e. The molecule has 0 aliphatic heterocycles. The summed E-state index contributed by atoms with van der Waals surface area (Å²) >= 11 is 1.87. The highest BCUT2D eigenvalue weighted by molar-refractivity contribution is 7.99. The van der Waals surface area contributed by atoms with Crippen LogP contribution in [-0.2, 0) is 0 Å². The van der Waals surface area contributed by atoms with E-state index in [2.05, 4.69) is 18.4 Å². The SMILES string of the molecule is CCOc1cccc(C(CSCC)NN)c1. The lowest BCUT2D eigenvalue weighted by Crippen LogP contribution is -2.29. The molecule has 0 bridgehead atoms. The van der Waals surface area contributed by atoms with Crippen molar-refractivity contribution >= 4 is 11.8 Å². The number of rotatable bonds is 7. The zero-order chi connectivity index (χ0) is 11.8. The molecule has 3 N–H and O–H groups in total. The molecule has 0 aliphatic rings. The average molecular weight is 240 g/mol. The van der Waals surface area contributed by atoms with Crippen LogP contribution in [0.4, 0.5) is 0 Å². The molecule has 1 aromatic rings. The minimum atomic E-state index is 0.186. The summed E-state index contributed by atoms with van der Waals surface area (Å²) in [6.45, 7) is 4.82. The van der Waals surface area contributed by atoms with Crippen LogP contribution in [0.15, 0.2) is 24.3 Å². The summed E-state index contributed by atoms with van der Waals surface area (Å²) in [5, 5.41) is 0. The van der Waals surface area contributed by atoms with Crippen LogP contribution in [0.3, 0.4) is 0 Å². The van der Waals surface area contributed by atoms with Gasteiger partial charge >= 0.3 is 0 Å². The third kappa shape index (κ3) is 4.04. The van der Waals surface area contributed by atoms with Gasteiger partial charge in [0.25, 0.3) is 0 Å². The minimum absolute atomic E-state index is 0.186. The monoisotopic (exact) mass is 240 g/mol. The summed E-state index contributed by atoms with van der Waals surface area (Å²) in [7, 11) is 0. The summed E-state index contributed by atoms with van der Waals surface area (Å²) in [4.78, 5) is 0. The summed E-state index contributed by atoms with van der Waals surface area (Å²) < 4.78 is 5.47. The van der Waals surface area contributed by atoms with Crippen LogP contribution in [0.1, 0.15) is 25.5 Å². The molecule has 0 aliphatic carbocycles. The van der Waals surface area contributed by atoms with Crippen molar-refractivity contribution in [2.24, 2.45) is 5.84 Å². The Labute approximate surface area is 102 Å². The Morgan fingerprint density at radius 1 is 1.44 bits per heavy atom. The summed E-state index contributed by atoms with van der Waals surface area (Å²) in [5.74, 6) is 8.55. The van der Waals surface area contributed by atoms with Gasteiger partial charge in [-0.2, -0.15) is 11.8 Å². The van der Waals surface area contributed by atoms with Crippen LogP contribution < -0.4 is 16.0 Å². The molecular formula is C12H20N2OS. The molecule has 0 aromatic heterocycles. The second-order valence-corrected chi connectivity index (χ2v) is 4.70. The maximum absolute atomic E-state index is 5.57. The normalized spacial score (nSPS) is 12.4. The predicted octanol–water partition coefficient (Wildman–Crippen LogP) is 2.34. The van der Waals surface area contributed by atoms with Crippen molar-refractivity contribution in [3.05, 3.63) is 29.8 Å². The van der Waals surface area contributed by atoms with Gasteiger partial charge in [-0.05, 0) is 30.4 Å². The molecule has 1 atom stereocenters. The zero-order valence-corrected chi connectivity index (χ0v) is 10.7. The highest BCUT2D eigenvalue weighted by atomic mass is 32.2. The maximum Gasteiger partial charge on any atom is 0.119 e. The van der Waals surface area contributed by atoms with Gasteiger partial charge in [0, 0.05) is 5.75 Å². The van der Waals surface area contributed by atoms with Crippen LogP contribution in [-0.4, -0.2) is 18.1 Å². The first-order valence-electron chi connectivity index (χ1n) is 5.58. The van der Waals surface area contributed by atoms with Crippen molar-refractivity contribution in [1.29, 1.82) is 0 Å². The van der Waals surface area contributed by atoms with Crippen LogP contribution in [0.5, 0.6) is 5.75 Å². The van der Waals surface area contributed by atoms with Crippen molar-refractivity contribution in [2.75, 3.05) is 18.1 Å². The fraction of sp³-hybridized carbons (Fsp3) is 0.500. The quantitative estimate of drug-likeness (QED) is 0.567. The van der Waals surface area contributed by atoms with Gasteiger partial charge in [0.1, 0.15) is 5.75 Å². The number of ether oxygens (including phenoxy) is 1. The number of hydrogen-bond acceptors (Lipinski definition) is 4. The molecule has 0 saturated heterocycles. The zero-order valence-electron chi connectivity index (χ0n) is 9.90. The van der Waals surface area contributed by atoms with Crippen molar-refractivity contribution in [1.82, 2.24) is 5.43 Å². The van der Waals surface area contributed by atoms with E-state index in [9.17, 15) is 0 Å².